The predicted molar refractivity (Wildman–Crippen MR) is 68.5 cm³/mol. The van der Waals surface area contributed by atoms with E-state index >= 15 is 0 Å². The summed E-state index contributed by atoms with van der Waals surface area (Å²) in [6.45, 7) is 9.74. The summed E-state index contributed by atoms with van der Waals surface area (Å²) in [5, 5.41) is 7.81. The van der Waals surface area contributed by atoms with Gasteiger partial charge in [0.25, 0.3) is 0 Å². The van der Waals surface area contributed by atoms with E-state index in [9.17, 15) is 4.79 Å². The van der Waals surface area contributed by atoms with E-state index in [0.29, 0.717) is 19.2 Å². The Morgan fingerprint density at radius 1 is 1.44 bits per heavy atom. The van der Waals surface area contributed by atoms with Crippen molar-refractivity contribution in [2.24, 2.45) is 0 Å². The highest BCUT2D eigenvalue weighted by Gasteiger charge is 2.18. The van der Waals surface area contributed by atoms with Crippen molar-refractivity contribution in [3.63, 3.8) is 0 Å². The number of aryl methyl sites for hydroxylation is 1. The lowest BCUT2D eigenvalue weighted by Crippen LogP contribution is -2.30. The van der Waals surface area contributed by atoms with Crippen LogP contribution in [-0.4, -0.2) is 51.9 Å². The summed E-state index contributed by atoms with van der Waals surface area (Å²) >= 11 is 0. The molecule has 0 unspecified atom stereocenters. The van der Waals surface area contributed by atoms with Crippen molar-refractivity contribution in [1.82, 2.24) is 19.7 Å². The lowest BCUT2D eigenvalue weighted by atomic mass is 10.3. The average Bonchev–Trinajstić information content (AvgIpc) is 2.67. The molecule has 1 rings (SSSR count). The van der Waals surface area contributed by atoms with Gasteiger partial charge in [-0.3, -0.25) is 0 Å². The molecular weight excluding hydrogens is 232 g/mol. The van der Waals surface area contributed by atoms with Crippen molar-refractivity contribution in [3.05, 3.63) is 11.6 Å². The number of rotatable bonds is 6. The Labute approximate surface area is 108 Å². The molecule has 0 N–H and O–H groups in total. The highest BCUT2D eigenvalue weighted by atomic mass is 16.5. The number of ether oxygens (including phenoxy) is 1. The van der Waals surface area contributed by atoms with Gasteiger partial charge in [-0.05, 0) is 34.7 Å². The van der Waals surface area contributed by atoms with Crippen LogP contribution in [0.25, 0.3) is 0 Å². The van der Waals surface area contributed by atoms with E-state index in [4.69, 9.17) is 4.74 Å². The van der Waals surface area contributed by atoms with Gasteiger partial charge < -0.3 is 14.2 Å². The number of carbonyl (C=O) groups excluding carboxylic acids is 1. The Bertz CT molecular complexity index is 401. The van der Waals surface area contributed by atoms with E-state index in [1.807, 2.05) is 14.0 Å². The molecule has 0 fully saturated rings. The molecule has 6 nitrogen and oxygen atoms in total. The summed E-state index contributed by atoms with van der Waals surface area (Å²) in [6, 6.07) is 0.466. The second kappa shape index (κ2) is 6.49. The van der Waals surface area contributed by atoms with Gasteiger partial charge in [0.1, 0.15) is 5.82 Å². The van der Waals surface area contributed by atoms with Gasteiger partial charge in [0.05, 0.1) is 6.61 Å². The Kier molecular flexibility index (Phi) is 5.27. The van der Waals surface area contributed by atoms with Gasteiger partial charge in [0.2, 0.25) is 5.82 Å². The van der Waals surface area contributed by atoms with Crippen LogP contribution in [0.3, 0.4) is 0 Å². The molecule has 0 amide bonds. The minimum absolute atomic E-state index is 0.284. The van der Waals surface area contributed by atoms with Gasteiger partial charge in [-0.1, -0.05) is 0 Å². The van der Waals surface area contributed by atoms with Gasteiger partial charge in [-0.15, -0.1) is 10.2 Å². The number of likely N-dealkylation sites (N-methyl/N-ethyl adjacent to an activating group) is 1. The van der Waals surface area contributed by atoms with Crippen molar-refractivity contribution in [1.29, 1.82) is 0 Å². The third-order valence-corrected chi connectivity index (χ3v) is 2.95. The van der Waals surface area contributed by atoms with Crippen LogP contribution in [0, 0.1) is 6.92 Å². The van der Waals surface area contributed by atoms with Crippen molar-refractivity contribution >= 4 is 5.97 Å². The summed E-state index contributed by atoms with van der Waals surface area (Å²) in [4.78, 5) is 13.9. The molecule has 0 radical (unpaired) electrons. The van der Waals surface area contributed by atoms with Crippen LogP contribution in [0.5, 0.6) is 0 Å². The van der Waals surface area contributed by atoms with E-state index in [-0.39, 0.29) is 5.82 Å². The fourth-order valence-corrected chi connectivity index (χ4v) is 1.51. The smallest absolute Gasteiger partial charge is 0.376 e. The number of nitrogens with zero attached hydrogens (tertiary/aromatic N) is 4. The summed E-state index contributed by atoms with van der Waals surface area (Å²) in [5.41, 5.74) is 0. The average molecular weight is 254 g/mol. The normalized spacial score (nSPS) is 11.3. The quantitative estimate of drug-likeness (QED) is 0.712. The number of aromatic nitrogens is 3. The molecule has 0 aromatic carbocycles. The molecule has 0 aliphatic heterocycles. The highest BCUT2D eigenvalue weighted by molar-refractivity contribution is 5.85. The Hall–Kier alpha value is -1.43. The number of hydrogen-bond donors (Lipinski definition) is 0. The lowest BCUT2D eigenvalue weighted by Gasteiger charge is -2.21. The summed E-state index contributed by atoms with van der Waals surface area (Å²) in [6.07, 6.45) is 0. The van der Waals surface area contributed by atoms with Crippen LogP contribution >= 0.6 is 0 Å². The minimum Gasteiger partial charge on any atom is -0.460 e. The highest BCUT2D eigenvalue weighted by Crippen LogP contribution is 2.04. The molecule has 0 bridgehead atoms. The fraction of sp³-hybridized carbons (Fsp3) is 0.750. The first-order valence-electron chi connectivity index (χ1n) is 6.24. The van der Waals surface area contributed by atoms with Crippen LogP contribution in [0.2, 0.25) is 0 Å². The van der Waals surface area contributed by atoms with E-state index in [1.165, 1.54) is 0 Å². The first-order valence-corrected chi connectivity index (χ1v) is 6.24. The van der Waals surface area contributed by atoms with Crippen LogP contribution in [0.4, 0.5) is 0 Å². The standard InChI is InChI=1S/C12H22N4O2/c1-6-18-12(17)11-14-13-10(4)16(11)8-7-15(5)9(2)3/h9H,6-8H2,1-5H3. The van der Waals surface area contributed by atoms with Crippen LogP contribution in [-0.2, 0) is 11.3 Å². The second-order valence-electron chi connectivity index (χ2n) is 4.52. The van der Waals surface area contributed by atoms with Crippen molar-refractivity contribution in [2.75, 3.05) is 20.2 Å². The Balaban J connectivity index is 2.75. The maximum atomic E-state index is 11.7. The summed E-state index contributed by atoms with van der Waals surface area (Å²) in [5.74, 6) is 0.604. The zero-order valence-electron chi connectivity index (χ0n) is 11.8. The lowest BCUT2D eigenvalue weighted by molar-refractivity contribution is 0.0504. The molecular formula is C12H22N4O2. The SMILES string of the molecule is CCOC(=O)c1nnc(C)n1CCN(C)C(C)C. The predicted octanol–water partition coefficient (Wildman–Crippen LogP) is 1.10. The monoisotopic (exact) mass is 254 g/mol. The molecule has 0 saturated heterocycles. The van der Waals surface area contributed by atoms with Gasteiger partial charge in [-0.25, -0.2) is 4.79 Å². The third kappa shape index (κ3) is 3.53. The van der Waals surface area contributed by atoms with Gasteiger partial charge in [-0.2, -0.15) is 0 Å². The Morgan fingerprint density at radius 3 is 2.67 bits per heavy atom. The van der Waals surface area contributed by atoms with Crippen LogP contribution < -0.4 is 0 Å². The van der Waals surface area contributed by atoms with E-state index in [1.54, 1.807) is 11.5 Å². The maximum absolute atomic E-state index is 11.7. The molecule has 1 heterocycles. The molecule has 0 aliphatic rings. The van der Waals surface area contributed by atoms with Crippen molar-refractivity contribution in [2.45, 2.75) is 40.3 Å². The number of carbonyl (C=O) groups is 1. The first kappa shape index (κ1) is 14.6. The largest absolute Gasteiger partial charge is 0.460 e. The molecule has 0 aliphatic carbocycles. The molecule has 102 valence electrons. The topological polar surface area (TPSA) is 60.2 Å². The van der Waals surface area contributed by atoms with Gasteiger partial charge in [0, 0.05) is 19.1 Å². The molecule has 1 aromatic rings. The van der Waals surface area contributed by atoms with E-state index in [2.05, 4.69) is 28.9 Å². The molecule has 0 saturated carbocycles. The van der Waals surface area contributed by atoms with Gasteiger partial charge in [0.15, 0.2) is 0 Å². The number of hydrogen-bond acceptors (Lipinski definition) is 5. The fourth-order valence-electron chi connectivity index (χ4n) is 1.51. The van der Waals surface area contributed by atoms with Crippen molar-refractivity contribution in [3.8, 4) is 0 Å². The molecule has 18 heavy (non-hydrogen) atoms. The number of esters is 1. The third-order valence-electron chi connectivity index (χ3n) is 2.95. The molecule has 0 atom stereocenters. The molecule has 6 heteroatoms. The maximum Gasteiger partial charge on any atom is 0.376 e. The van der Waals surface area contributed by atoms with E-state index < -0.39 is 5.97 Å². The first-order chi connectivity index (χ1) is 8.47. The molecule has 1 aromatic heterocycles. The zero-order valence-corrected chi connectivity index (χ0v) is 11.8. The van der Waals surface area contributed by atoms with Gasteiger partial charge >= 0.3 is 5.97 Å². The van der Waals surface area contributed by atoms with E-state index in [0.717, 1.165) is 12.4 Å². The van der Waals surface area contributed by atoms with Crippen LogP contribution in [0.1, 0.15) is 37.2 Å². The Morgan fingerprint density at radius 2 is 2.11 bits per heavy atom. The summed E-state index contributed by atoms with van der Waals surface area (Å²) in [7, 11) is 2.05. The van der Waals surface area contributed by atoms with Crippen LogP contribution in [0.15, 0.2) is 0 Å². The molecule has 0 spiro atoms. The minimum atomic E-state index is -0.412. The summed E-state index contributed by atoms with van der Waals surface area (Å²) < 4.78 is 6.76. The second-order valence-corrected chi connectivity index (χ2v) is 4.52. The zero-order chi connectivity index (χ0) is 13.7. The van der Waals surface area contributed by atoms with Crippen molar-refractivity contribution < 1.29 is 9.53 Å².